The molecule has 0 aliphatic heterocycles. The maximum absolute atomic E-state index is 12.1. The average Bonchev–Trinajstić information content (AvgIpc) is 2.54. The lowest BCUT2D eigenvalue weighted by atomic mass is 10.1. The van der Waals surface area contributed by atoms with Crippen molar-refractivity contribution in [1.82, 2.24) is 0 Å². The predicted octanol–water partition coefficient (Wildman–Crippen LogP) is 4.50. The number of anilines is 1. The van der Waals surface area contributed by atoms with Gasteiger partial charge in [0.1, 0.15) is 11.5 Å². The molecule has 2 aromatic carbocycles. The summed E-state index contributed by atoms with van der Waals surface area (Å²) in [5.41, 5.74) is 2.74. The molecule has 1 N–H and O–H groups in total. The van der Waals surface area contributed by atoms with Crippen LogP contribution in [-0.2, 0) is 4.79 Å². The first-order valence-electron chi connectivity index (χ1n) is 8.25. The van der Waals surface area contributed by atoms with Crippen molar-refractivity contribution in [1.29, 1.82) is 0 Å². The van der Waals surface area contributed by atoms with Gasteiger partial charge in [-0.25, -0.2) is 0 Å². The average molecular weight is 327 g/mol. The first-order valence-corrected chi connectivity index (χ1v) is 8.25. The smallest absolute Gasteiger partial charge is 0.262 e. The van der Waals surface area contributed by atoms with E-state index in [9.17, 15) is 4.79 Å². The van der Waals surface area contributed by atoms with Gasteiger partial charge in [0.2, 0.25) is 0 Å². The number of aryl methyl sites for hydroxylation is 2. The number of carbonyl (C=O) groups excluding carboxylic acids is 1. The summed E-state index contributed by atoms with van der Waals surface area (Å²) in [6, 6.07) is 13.3. The van der Waals surface area contributed by atoms with Gasteiger partial charge in [-0.3, -0.25) is 4.79 Å². The Labute approximate surface area is 143 Å². The van der Waals surface area contributed by atoms with E-state index < -0.39 is 0 Å². The van der Waals surface area contributed by atoms with E-state index in [1.54, 1.807) is 0 Å². The van der Waals surface area contributed by atoms with Crippen LogP contribution in [0.25, 0.3) is 0 Å². The van der Waals surface area contributed by atoms with E-state index in [0.29, 0.717) is 5.69 Å². The van der Waals surface area contributed by atoms with Crippen LogP contribution in [0.1, 0.15) is 31.4 Å². The zero-order chi connectivity index (χ0) is 17.5. The van der Waals surface area contributed by atoms with Gasteiger partial charge in [0.25, 0.3) is 5.91 Å². The molecule has 1 unspecified atom stereocenters. The Bertz CT molecular complexity index is 677. The third kappa shape index (κ3) is 5.01. The number of para-hydroxylation sites is 1. The van der Waals surface area contributed by atoms with Gasteiger partial charge in [0.05, 0.1) is 6.10 Å². The Kier molecular flexibility index (Phi) is 6.24. The predicted molar refractivity (Wildman–Crippen MR) is 96.9 cm³/mol. The highest BCUT2D eigenvalue weighted by atomic mass is 16.5. The summed E-state index contributed by atoms with van der Waals surface area (Å²) in [7, 11) is 0. The van der Waals surface area contributed by atoms with Crippen LogP contribution < -0.4 is 14.8 Å². The topological polar surface area (TPSA) is 47.6 Å². The summed E-state index contributed by atoms with van der Waals surface area (Å²) < 4.78 is 11.4. The van der Waals surface area contributed by atoms with Crippen molar-refractivity contribution in [3.63, 3.8) is 0 Å². The van der Waals surface area contributed by atoms with Crippen molar-refractivity contribution in [2.24, 2.45) is 0 Å². The van der Waals surface area contributed by atoms with Gasteiger partial charge in [0, 0.05) is 11.8 Å². The highest BCUT2D eigenvalue weighted by Gasteiger charge is 2.08. The molecule has 4 nitrogen and oxygen atoms in total. The SMILES string of the molecule is CCC(C)Oc1cccc(NC(=O)COc2c(C)cccc2C)c1. The number of benzene rings is 2. The molecule has 0 spiro atoms. The third-order valence-corrected chi connectivity index (χ3v) is 3.79. The second kappa shape index (κ2) is 8.39. The molecule has 0 heterocycles. The molecule has 2 aromatic rings. The van der Waals surface area contributed by atoms with Gasteiger partial charge in [-0.2, -0.15) is 0 Å². The fourth-order valence-electron chi connectivity index (χ4n) is 2.32. The van der Waals surface area contributed by atoms with Crippen molar-refractivity contribution in [3.05, 3.63) is 53.6 Å². The van der Waals surface area contributed by atoms with Gasteiger partial charge in [-0.15, -0.1) is 0 Å². The van der Waals surface area contributed by atoms with Gasteiger partial charge < -0.3 is 14.8 Å². The Hall–Kier alpha value is -2.49. The molecule has 4 heteroatoms. The van der Waals surface area contributed by atoms with E-state index in [1.807, 2.05) is 63.2 Å². The Morgan fingerprint density at radius 3 is 2.46 bits per heavy atom. The van der Waals surface area contributed by atoms with Gasteiger partial charge in [-0.05, 0) is 50.5 Å². The van der Waals surface area contributed by atoms with Crippen LogP contribution in [0, 0.1) is 13.8 Å². The molecule has 2 rings (SSSR count). The highest BCUT2D eigenvalue weighted by Crippen LogP contribution is 2.22. The minimum atomic E-state index is -0.196. The molecule has 0 fully saturated rings. The van der Waals surface area contributed by atoms with E-state index in [4.69, 9.17) is 9.47 Å². The summed E-state index contributed by atoms with van der Waals surface area (Å²) in [6.45, 7) is 8.00. The van der Waals surface area contributed by atoms with Crippen molar-refractivity contribution in [2.45, 2.75) is 40.2 Å². The number of amides is 1. The van der Waals surface area contributed by atoms with Crippen molar-refractivity contribution in [3.8, 4) is 11.5 Å². The van der Waals surface area contributed by atoms with Gasteiger partial charge in [-0.1, -0.05) is 31.2 Å². The molecule has 0 radical (unpaired) electrons. The fraction of sp³-hybridized carbons (Fsp3) is 0.350. The normalized spacial score (nSPS) is 11.7. The highest BCUT2D eigenvalue weighted by molar-refractivity contribution is 5.92. The van der Waals surface area contributed by atoms with E-state index in [2.05, 4.69) is 12.2 Å². The Morgan fingerprint density at radius 2 is 1.79 bits per heavy atom. The van der Waals surface area contributed by atoms with E-state index in [0.717, 1.165) is 29.0 Å². The molecule has 0 aliphatic carbocycles. The van der Waals surface area contributed by atoms with Gasteiger partial charge >= 0.3 is 0 Å². The molecule has 1 amide bonds. The number of rotatable bonds is 7. The molecule has 0 saturated carbocycles. The third-order valence-electron chi connectivity index (χ3n) is 3.79. The largest absolute Gasteiger partial charge is 0.491 e. The molecule has 0 saturated heterocycles. The maximum Gasteiger partial charge on any atom is 0.262 e. The molecule has 24 heavy (non-hydrogen) atoms. The van der Waals surface area contributed by atoms with E-state index in [1.165, 1.54) is 0 Å². The molecule has 128 valence electrons. The molecule has 1 atom stereocenters. The zero-order valence-corrected chi connectivity index (χ0v) is 14.8. The monoisotopic (exact) mass is 327 g/mol. The molecular weight excluding hydrogens is 302 g/mol. The second-order valence-corrected chi connectivity index (χ2v) is 5.92. The van der Waals surface area contributed by atoms with Crippen LogP contribution >= 0.6 is 0 Å². The van der Waals surface area contributed by atoms with Crippen LogP contribution in [0.15, 0.2) is 42.5 Å². The van der Waals surface area contributed by atoms with Crippen LogP contribution in [0.3, 0.4) is 0 Å². The first-order chi connectivity index (χ1) is 11.5. The quantitative estimate of drug-likeness (QED) is 0.814. The summed E-state index contributed by atoms with van der Waals surface area (Å²) in [6.07, 6.45) is 1.07. The lowest BCUT2D eigenvalue weighted by molar-refractivity contribution is -0.118. The minimum absolute atomic E-state index is 0.0257. The number of nitrogens with one attached hydrogen (secondary N) is 1. The molecule has 0 aromatic heterocycles. The van der Waals surface area contributed by atoms with Crippen LogP contribution in [0.2, 0.25) is 0 Å². The molecule has 0 bridgehead atoms. The van der Waals surface area contributed by atoms with E-state index >= 15 is 0 Å². The van der Waals surface area contributed by atoms with E-state index in [-0.39, 0.29) is 18.6 Å². The number of carbonyl (C=O) groups is 1. The van der Waals surface area contributed by atoms with Crippen molar-refractivity contribution >= 4 is 11.6 Å². The summed E-state index contributed by atoms with van der Waals surface area (Å²) in [5.74, 6) is 1.32. The number of hydrogen-bond acceptors (Lipinski definition) is 3. The minimum Gasteiger partial charge on any atom is -0.491 e. The summed E-state index contributed by atoms with van der Waals surface area (Å²) >= 11 is 0. The fourth-order valence-corrected chi connectivity index (χ4v) is 2.32. The standard InChI is InChI=1S/C20H25NO3/c1-5-16(4)24-18-11-7-10-17(12-18)21-19(22)13-23-20-14(2)8-6-9-15(20)3/h6-12,16H,5,13H2,1-4H3,(H,21,22). The maximum atomic E-state index is 12.1. The van der Waals surface area contributed by atoms with Crippen LogP contribution in [-0.4, -0.2) is 18.6 Å². The number of hydrogen-bond donors (Lipinski definition) is 1. The van der Waals surface area contributed by atoms with Crippen molar-refractivity contribution < 1.29 is 14.3 Å². The summed E-state index contributed by atoms with van der Waals surface area (Å²) in [5, 5.41) is 2.84. The molecular formula is C20H25NO3. The first kappa shape index (κ1) is 17.9. The van der Waals surface area contributed by atoms with Crippen molar-refractivity contribution in [2.75, 3.05) is 11.9 Å². The number of ether oxygens (including phenoxy) is 2. The summed E-state index contributed by atoms with van der Waals surface area (Å²) in [4.78, 5) is 12.1. The van der Waals surface area contributed by atoms with Crippen LogP contribution in [0.4, 0.5) is 5.69 Å². The van der Waals surface area contributed by atoms with Crippen LogP contribution in [0.5, 0.6) is 11.5 Å². The Morgan fingerprint density at radius 1 is 1.12 bits per heavy atom. The zero-order valence-electron chi connectivity index (χ0n) is 14.8. The lowest BCUT2D eigenvalue weighted by Crippen LogP contribution is -2.20. The second-order valence-electron chi connectivity index (χ2n) is 5.92. The van der Waals surface area contributed by atoms with Gasteiger partial charge in [0.15, 0.2) is 6.61 Å². The molecule has 0 aliphatic rings. The Balaban J connectivity index is 1.94. The lowest BCUT2D eigenvalue weighted by Gasteiger charge is -2.14.